The zero-order valence-electron chi connectivity index (χ0n) is 24.2. The molecule has 2 aromatic heterocycles. The molecule has 45 heavy (non-hydrogen) atoms. The average Bonchev–Trinajstić information content (AvgIpc) is 3.63. The highest BCUT2D eigenvalue weighted by Gasteiger charge is 2.31. The van der Waals surface area contributed by atoms with E-state index in [0.29, 0.717) is 16.1 Å². The normalized spacial score (nSPS) is 13.6. The van der Waals surface area contributed by atoms with Crippen molar-refractivity contribution < 1.29 is 31.5 Å². The van der Waals surface area contributed by atoms with Gasteiger partial charge in [-0.25, -0.2) is 23.2 Å². The van der Waals surface area contributed by atoms with E-state index in [0.717, 1.165) is 29.1 Å². The van der Waals surface area contributed by atoms with Crippen LogP contribution in [0.25, 0.3) is 22.8 Å². The molecule has 0 aliphatic heterocycles. The third-order valence-electron chi connectivity index (χ3n) is 6.71. The SMILES string of the molecule is Cc1csc(=NC(=O)NC(F)C(F)c2ccc(-c3ncn(-c4ccc(OC(F)(F)F)cc4)n3)cc2)n1-c1ccccc1C(C)C. The Morgan fingerprint density at radius 3 is 2.36 bits per heavy atom. The van der Waals surface area contributed by atoms with Gasteiger partial charge in [-0.3, -0.25) is 4.57 Å². The van der Waals surface area contributed by atoms with Crippen LogP contribution in [0.4, 0.5) is 26.7 Å². The number of ether oxygens (including phenoxy) is 1. The van der Waals surface area contributed by atoms with Gasteiger partial charge in [-0.15, -0.1) is 29.6 Å². The Kier molecular flexibility index (Phi) is 9.14. The lowest BCUT2D eigenvalue weighted by atomic mass is 10.0. The minimum Gasteiger partial charge on any atom is -0.406 e. The van der Waals surface area contributed by atoms with Gasteiger partial charge in [-0.1, -0.05) is 56.3 Å². The number of hydrogen-bond donors (Lipinski definition) is 1. The summed E-state index contributed by atoms with van der Waals surface area (Å²) < 4.78 is 74.2. The quantitative estimate of drug-likeness (QED) is 0.139. The number of nitrogens with one attached hydrogen (secondary N) is 1. The molecule has 2 atom stereocenters. The molecule has 2 amide bonds. The maximum absolute atomic E-state index is 15.1. The number of halogens is 5. The van der Waals surface area contributed by atoms with Gasteiger partial charge in [-0.2, -0.15) is 4.99 Å². The summed E-state index contributed by atoms with van der Waals surface area (Å²) in [7, 11) is 0. The molecular formula is C31H27F5N6O2S. The van der Waals surface area contributed by atoms with Crippen LogP contribution < -0.4 is 14.9 Å². The Morgan fingerprint density at radius 2 is 1.69 bits per heavy atom. The van der Waals surface area contributed by atoms with Gasteiger partial charge in [0.15, 0.2) is 16.8 Å². The van der Waals surface area contributed by atoms with Crippen LogP contribution in [-0.2, 0) is 0 Å². The van der Waals surface area contributed by atoms with Crippen LogP contribution in [-0.4, -0.2) is 38.0 Å². The summed E-state index contributed by atoms with van der Waals surface area (Å²) in [6.45, 7) is 5.98. The topological polar surface area (TPSA) is 86.3 Å². The number of carbonyl (C=O) groups is 1. The summed E-state index contributed by atoms with van der Waals surface area (Å²) in [6.07, 6.45) is -7.99. The average molecular weight is 643 g/mol. The van der Waals surface area contributed by atoms with E-state index >= 15 is 4.39 Å². The molecular weight excluding hydrogens is 615 g/mol. The van der Waals surface area contributed by atoms with Crippen molar-refractivity contribution in [2.24, 2.45) is 4.99 Å². The summed E-state index contributed by atoms with van der Waals surface area (Å²) in [5.74, 6) is 0.0734. The minimum atomic E-state index is -4.80. The van der Waals surface area contributed by atoms with Gasteiger partial charge in [0, 0.05) is 16.6 Å². The number of thiazole rings is 1. The van der Waals surface area contributed by atoms with E-state index in [1.807, 2.05) is 46.5 Å². The Balaban J connectivity index is 1.26. The number of urea groups is 1. The molecule has 0 aliphatic carbocycles. The molecule has 8 nitrogen and oxygen atoms in total. The first-order valence-electron chi connectivity index (χ1n) is 13.7. The van der Waals surface area contributed by atoms with Gasteiger partial charge in [0.05, 0.1) is 11.4 Å². The third-order valence-corrected chi connectivity index (χ3v) is 7.65. The highest BCUT2D eigenvalue weighted by atomic mass is 32.1. The zero-order chi connectivity index (χ0) is 32.3. The highest BCUT2D eigenvalue weighted by Crippen LogP contribution is 2.27. The van der Waals surface area contributed by atoms with E-state index in [2.05, 4.69) is 33.7 Å². The van der Waals surface area contributed by atoms with Crippen molar-refractivity contribution in [2.45, 2.75) is 45.5 Å². The van der Waals surface area contributed by atoms with Crippen LogP contribution in [0.2, 0.25) is 0 Å². The van der Waals surface area contributed by atoms with Gasteiger partial charge in [0.25, 0.3) is 0 Å². The maximum atomic E-state index is 15.1. The highest BCUT2D eigenvalue weighted by molar-refractivity contribution is 7.07. The van der Waals surface area contributed by atoms with Crippen LogP contribution in [0.3, 0.4) is 0 Å². The molecule has 0 aliphatic rings. The molecule has 2 unspecified atom stereocenters. The first-order chi connectivity index (χ1) is 21.4. The molecule has 0 saturated carbocycles. The van der Waals surface area contributed by atoms with Gasteiger partial charge in [0.1, 0.15) is 12.1 Å². The van der Waals surface area contributed by atoms with Crippen LogP contribution in [0, 0.1) is 6.92 Å². The van der Waals surface area contributed by atoms with Crippen molar-refractivity contribution in [3.8, 4) is 28.5 Å². The number of para-hydroxylation sites is 1. The van der Waals surface area contributed by atoms with Crippen LogP contribution >= 0.6 is 11.3 Å². The van der Waals surface area contributed by atoms with Gasteiger partial charge in [-0.05, 0) is 54.3 Å². The number of benzene rings is 3. The Morgan fingerprint density at radius 1 is 1.00 bits per heavy atom. The van der Waals surface area contributed by atoms with Crippen molar-refractivity contribution in [1.29, 1.82) is 0 Å². The van der Waals surface area contributed by atoms with E-state index in [1.54, 1.807) is 0 Å². The van der Waals surface area contributed by atoms with Crippen LogP contribution in [0.15, 0.2) is 89.5 Å². The number of amides is 2. The zero-order valence-corrected chi connectivity index (χ0v) is 25.0. The van der Waals surface area contributed by atoms with E-state index in [1.165, 1.54) is 58.7 Å². The summed E-state index contributed by atoms with van der Waals surface area (Å²) in [5.41, 5.74) is 3.62. The largest absolute Gasteiger partial charge is 0.573 e. The third kappa shape index (κ3) is 7.45. The number of carbonyl (C=O) groups excluding carboxylic acids is 1. The number of aryl methyl sites for hydroxylation is 1. The van der Waals surface area contributed by atoms with E-state index in [-0.39, 0.29) is 23.1 Å². The Labute approximate surface area is 258 Å². The van der Waals surface area contributed by atoms with E-state index in [9.17, 15) is 22.4 Å². The van der Waals surface area contributed by atoms with Crippen molar-refractivity contribution >= 4 is 17.4 Å². The van der Waals surface area contributed by atoms with E-state index in [4.69, 9.17) is 0 Å². The first-order valence-corrected chi connectivity index (χ1v) is 14.6. The molecule has 0 spiro atoms. The summed E-state index contributed by atoms with van der Waals surface area (Å²) in [6, 6.07) is 17.4. The lowest BCUT2D eigenvalue weighted by Gasteiger charge is -2.15. The fraction of sp³-hybridized carbons (Fsp3) is 0.226. The smallest absolute Gasteiger partial charge is 0.406 e. The second-order valence-corrected chi connectivity index (χ2v) is 11.1. The van der Waals surface area contributed by atoms with Gasteiger partial charge in [0.2, 0.25) is 6.30 Å². The Hall–Kier alpha value is -4.85. The number of alkyl halides is 5. The molecule has 5 rings (SSSR count). The van der Waals surface area contributed by atoms with Crippen LogP contribution in [0.1, 0.15) is 42.8 Å². The monoisotopic (exact) mass is 642 g/mol. The second-order valence-electron chi connectivity index (χ2n) is 10.2. The number of hydrogen-bond acceptors (Lipinski definition) is 5. The second kappa shape index (κ2) is 13.0. The predicted octanol–water partition coefficient (Wildman–Crippen LogP) is 7.73. The molecule has 234 valence electrons. The maximum Gasteiger partial charge on any atom is 0.573 e. The molecule has 14 heteroatoms. The Bertz CT molecular complexity index is 1850. The molecule has 0 fully saturated rings. The van der Waals surface area contributed by atoms with Crippen molar-refractivity contribution in [3.63, 3.8) is 0 Å². The first kappa shape index (κ1) is 31.6. The van der Waals surface area contributed by atoms with Crippen LogP contribution in [0.5, 0.6) is 5.75 Å². The predicted molar refractivity (Wildman–Crippen MR) is 159 cm³/mol. The van der Waals surface area contributed by atoms with Crippen molar-refractivity contribution in [3.05, 3.63) is 106 Å². The molecule has 1 N–H and O–H groups in total. The van der Waals surface area contributed by atoms with E-state index < -0.39 is 24.9 Å². The number of nitrogens with zero attached hydrogens (tertiary/aromatic N) is 5. The van der Waals surface area contributed by atoms with Gasteiger partial charge >= 0.3 is 12.4 Å². The molecule has 0 saturated heterocycles. The molecule has 0 bridgehead atoms. The summed E-state index contributed by atoms with van der Waals surface area (Å²) in [4.78, 5) is 21.2. The van der Waals surface area contributed by atoms with Gasteiger partial charge < -0.3 is 10.1 Å². The fourth-order valence-corrected chi connectivity index (χ4v) is 5.42. The van der Waals surface area contributed by atoms with Crippen molar-refractivity contribution in [1.82, 2.24) is 24.6 Å². The van der Waals surface area contributed by atoms with Crippen molar-refractivity contribution in [2.75, 3.05) is 0 Å². The summed E-state index contributed by atoms with van der Waals surface area (Å²) in [5, 5.41) is 8.11. The number of rotatable bonds is 8. The molecule has 3 aromatic carbocycles. The minimum absolute atomic E-state index is 0.0286. The lowest BCUT2D eigenvalue weighted by molar-refractivity contribution is -0.274. The molecule has 0 radical (unpaired) electrons. The summed E-state index contributed by atoms with van der Waals surface area (Å²) >= 11 is 1.21. The lowest BCUT2D eigenvalue weighted by Crippen LogP contribution is -2.34. The fourth-order valence-electron chi connectivity index (χ4n) is 4.56. The molecule has 2 heterocycles. The standard InChI is InChI=1S/C31H27F5N6O2S/c1-18(2)24-6-4-5-7-25(24)42-19(3)16-45-30(42)39-29(43)38-27(33)26(32)20-8-10-21(11-9-20)28-37-17-41(40-28)22-12-14-23(15-13-22)44-31(34,35)36/h4-18,26-27H,1-3H3,(H,38,43). The molecule has 5 aromatic rings. The number of aromatic nitrogens is 4.